The van der Waals surface area contributed by atoms with Crippen molar-refractivity contribution in [1.82, 2.24) is 9.13 Å². The minimum Gasteiger partial charge on any atom is -0.308 e. The molecule has 0 aliphatic heterocycles. The minimum absolute atomic E-state index is 0.0654. The van der Waals surface area contributed by atoms with E-state index < -0.39 is 23.5 Å². The molecule has 0 spiro atoms. The van der Waals surface area contributed by atoms with Crippen molar-refractivity contribution in [2.75, 3.05) is 0 Å². The Labute approximate surface area is 424 Å². The molecule has 0 fully saturated rings. The topological polar surface area (TPSA) is 9.86 Å². The summed E-state index contributed by atoms with van der Waals surface area (Å²) in [4.78, 5) is 0. The average molecular weight is 981 g/mol. The van der Waals surface area contributed by atoms with E-state index in [4.69, 9.17) is 0 Å². The number of halogens is 6. The van der Waals surface area contributed by atoms with Crippen molar-refractivity contribution in [3.05, 3.63) is 240 Å². The molecule has 0 amide bonds. The summed E-state index contributed by atoms with van der Waals surface area (Å²) >= 11 is 0. The summed E-state index contributed by atoms with van der Waals surface area (Å²) in [5.41, 5.74) is 12.0. The first-order valence-electron chi connectivity index (χ1n) is 24.4. The zero-order chi connectivity index (χ0) is 51.2. The van der Waals surface area contributed by atoms with Gasteiger partial charge in [0.2, 0.25) is 0 Å². The molecule has 10 aromatic carbocycles. The van der Waals surface area contributed by atoms with Crippen molar-refractivity contribution >= 4 is 43.6 Å². The second kappa shape index (κ2) is 17.6. The van der Waals surface area contributed by atoms with Gasteiger partial charge in [0.25, 0.3) is 0 Å². The molecule has 12 rings (SSSR count). The molecule has 0 aliphatic carbocycles. The highest BCUT2D eigenvalue weighted by molar-refractivity contribution is 6.14. The number of hydrogen-bond acceptors (Lipinski definition) is 0. The van der Waals surface area contributed by atoms with E-state index in [0.717, 1.165) is 113 Å². The maximum Gasteiger partial charge on any atom is 0.416 e. The van der Waals surface area contributed by atoms with Crippen LogP contribution in [0.1, 0.15) is 33.4 Å². The molecular weight excluding hydrogens is 935 g/mol. The van der Waals surface area contributed by atoms with Crippen molar-refractivity contribution in [3.63, 3.8) is 0 Å². The SMILES string of the molecule is Cc1ccc(-c2ccc3c4ccc(-c5ccc(C)cc5)cc4n(-c4cc(C(F)(F)F)cc(-n5c6cc(-c7ccc(C)cc7)ccc6c6ccc(-c7ccc(C)cc7)cc65)c4-c4cccc(C(F)(F)F)c4)c3c2)cc1. The molecule has 362 valence electrons. The highest BCUT2D eigenvalue weighted by Gasteiger charge is 2.36. The van der Waals surface area contributed by atoms with Crippen molar-refractivity contribution in [3.8, 4) is 67.0 Å². The van der Waals surface area contributed by atoms with Crippen LogP contribution in [0, 0.1) is 27.7 Å². The molecule has 0 radical (unpaired) electrons. The van der Waals surface area contributed by atoms with Gasteiger partial charge in [-0.15, -0.1) is 0 Å². The number of hydrogen-bond donors (Lipinski definition) is 0. The van der Waals surface area contributed by atoms with Crippen molar-refractivity contribution in [2.45, 2.75) is 40.0 Å². The number of aromatic nitrogens is 2. The van der Waals surface area contributed by atoms with Gasteiger partial charge < -0.3 is 9.13 Å². The van der Waals surface area contributed by atoms with E-state index in [2.05, 4.69) is 0 Å². The van der Waals surface area contributed by atoms with Crippen LogP contribution in [0.2, 0.25) is 0 Å². The Morgan fingerprint density at radius 1 is 0.270 bits per heavy atom. The van der Waals surface area contributed by atoms with E-state index in [1.165, 1.54) is 6.07 Å². The summed E-state index contributed by atoms with van der Waals surface area (Å²) in [5.74, 6) is 0. The predicted octanol–water partition coefficient (Wildman–Crippen LogP) is 19.5. The Morgan fingerprint density at radius 2 is 0.554 bits per heavy atom. The highest BCUT2D eigenvalue weighted by atomic mass is 19.4. The first kappa shape index (κ1) is 46.5. The molecule has 0 N–H and O–H groups in total. The number of nitrogens with zero attached hydrogens (tertiary/aromatic N) is 2. The maximum atomic E-state index is 16.1. The molecule has 2 heterocycles. The molecule has 0 unspecified atom stereocenters. The fourth-order valence-corrected chi connectivity index (χ4v) is 10.5. The van der Waals surface area contributed by atoms with Crippen LogP contribution < -0.4 is 0 Å². The Morgan fingerprint density at radius 3 is 0.838 bits per heavy atom. The molecule has 2 nitrogen and oxygen atoms in total. The lowest BCUT2D eigenvalue weighted by atomic mass is 9.95. The number of rotatable bonds is 7. The zero-order valence-corrected chi connectivity index (χ0v) is 40.8. The third kappa shape index (κ3) is 8.20. The van der Waals surface area contributed by atoms with Gasteiger partial charge in [-0.05, 0) is 126 Å². The quantitative estimate of drug-likeness (QED) is 0.141. The van der Waals surface area contributed by atoms with Crippen molar-refractivity contribution < 1.29 is 26.3 Å². The van der Waals surface area contributed by atoms with Gasteiger partial charge >= 0.3 is 12.4 Å². The van der Waals surface area contributed by atoms with Crippen LogP contribution >= 0.6 is 0 Å². The number of fused-ring (bicyclic) bond motifs is 6. The Balaban J connectivity index is 1.27. The van der Waals surface area contributed by atoms with E-state index in [-0.39, 0.29) is 22.5 Å². The predicted molar refractivity (Wildman–Crippen MR) is 291 cm³/mol. The van der Waals surface area contributed by atoms with Gasteiger partial charge in [0, 0.05) is 27.1 Å². The van der Waals surface area contributed by atoms with E-state index in [0.29, 0.717) is 22.1 Å². The third-order valence-corrected chi connectivity index (χ3v) is 14.5. The lowest BCUT2D eigenvalue weighted by molar-refractivity contribution is -0.138. The Kier molecular flexibility index (Phi) is 11.0. The van der Waals surface area contributed by atoms with Crippen LogP contribution in [0.15, 0.2) is 206 Å². The summed E-state index contributed by atoms with van der Waals surface area (Å²) in [7, 11) is 0. The number of benzene rings is 10. The van der Waals surface area contributed by atoms with E-state index in [9.17, 15) is 0 Å². The zero-order valence-electron chi connectivity index (χ0n) is 40.8. The normalized spacial score (nSPS) is 12.2. The van der Waals surface area contributed by atoms with Gasteiger partial charge in [0.1, 0.15) is 0 Å². The van der Waals surface area contributed by atoms with Gasteiger partial charge in [-0.2, -0.15) is 26.3 Å². The van der Waals surface area contributed by atoms with Crippen molar-refractivity contribution in [1.29, 1.82) is 0 Å². The van der Waals surface area contributed by atoms with Crippen LogP contribution in [0.3, 0.4) is 0 Å². The number of alkyl halides is 6. The molecule has 0 bridgehead atoms. The Bertz CT molecular complexity index is 3710. The average Bonchev–Trinajstić information content (AvgIpc) is 3.89. The first-order chi connectivity index (χ1) is 35.6. The standard InChI is InChI=1S/C66H46F6N2/c1-39-8-16-43(17-9-39)47-24-28-54-55-29-25-48(44-18-10-40(2)11-19-44)34-59(55)73(58(54)33-47)62-37-53(66(70,71)72)38-63(64(62)51-6-5-7-52(32-51)65(67,68)69)74-60-35-49(45-20-12-41(3)13-21-45)26-30-56(60)57-31-27-50(36-61(57)74)46-22-14-42(4)15-23-46/h5-38H,1-4H3. The fourth-order valence-electron chi connectivity index (χ4n) is 10.5. The number of aryl methyl sites for hydroxylation is 4. The fraction of sp³-hybridized carbons (Fsp3) is 0.0909. The largest absolute Gasteiger partial charge is 0.416 e. The summed E-state index contributed by atoms with van der Waals surface area (Å²) in [5, 5.41) is 3.07. The molecule has 12 aromatic rings. The molecule has 8 heteroatoms. The Hall–Kier alpha value is -8.62. The smallest absolute Gasteiger partial charge is 0.308 e. The van der Waals surface area contributed by atoms with Crippen LogP contribution in [0.5, 0.6) is 0 Å². The van der Waals surface area contributed by atoms with E-state index >= 15 is 26.3 Å². The molecule has 74 heavy (non-hydrogen) atoms. The van der Waals surface area contributed by atoms with Crippen LogP contribution in [0.25, 0.3) is 111 Å². The monoisotopic (exact) mass is 980 g/mol. The van der Waals surface area contributed by atoms with E-state index in [1.807, 2.05) is 207 Å². The molecule has 0 aliphatic rings. The molecule has 2 aromatic heterocycles. The summed E-state index contributed by atoms with van der Waals surface area (Å²) < 4.78 is 97.2. The second-order valence-corrected chi connectivity index (χ2v) is 19.5. The first-order valence-corrected chi connectivity index (χ1v) is 24.4. The van der Waals surface area contributed by atoms with Crippen LogP contribution in [-0.4, -0.2) is 9.13 Å². The summed E-state index contributed by atoms with van der Waals surface area (Å²) in [6, 6.07) is 63.2. The van der Waals surface area contributed by atoms with Gasteiger partial charge in [-0.3, -0.25) is 0 Å². The second-order valence-electron chi connectivity index (χ2n) is 19.5. The lowest BCUT2D eigenvalue weighted by Crippen LogP contribution is -2.12. The van der Waals surface area contributed by atoms with E-state index in [1.54, 1.807) is 6.07 Å². The summed E-state index contributed by atoms with van der Waals surface area (Å²) in [6.07, 6.45) is -9.66. The van der Waals surface area contributed by atoms with Crippen LogP contribution in [0.4, 0.5) is 26.3 Å². The molecule has 0 saturated carbocycles. The highest BCUT2D eigenvalue weighted by Crippen LogP contribution is 2.48. The molecular formula is C66H46F6N2. The molecule has 0 saturated heterocycles. The lowest BCUT2D eigenvalue weighted by Gasteiger charge is -2.23. The maximum absolute atomic E-state index is 16.1. The van der Waals surface area contributed by atoms with Crippen molar-refractivity contribution in [2.24, 2.45) is 0 Å². The molecule has 0 atom stereocenters. The summed E-state index contributed by atoms with van der Waals surface area (Å²) in [6.45, 7) is 8.00. The van der Waals surface area contributed by atoms with Gasteiger partial charge in [0.15, 0.2) is 0 Å². The van der Waals surface area contributed by atoms with Gasteiger partial charge in [0.05, 0.1) is 44.6 Å². The van der Waals surface area contributed by atoms with Gasteiger partial charge in [-0.1, -0.05) is 180 Å². The minimum atomic E-state index is -4.90. The van der Waals surface area contributed by atoms with Crippen LogP contribution in [-0.2, 0) is 12.4 Å². The van der Waals surface area contributed by atoms with Gasteiger partial charge in [-0.25, -0.2) is 0 Å². The third-order valence-electron chi connectivity index (χ3n) is 14.5.